The average molecular weight is 945 g/mol. The molecule has 0 fully saturated rings. The van der Waals surface area contributed by atoms with Gasteiger partial charge in [0.2, 0.25) is 0 Å². The number of fused-ring (bicyclic) bond motifs is 6. The van der Waals surface area contributed by atoms with Crippen molar-refractivity contribution in [1.82, 2.24) is 0 Å². The van der Waals surface area contributed by atoms with Crippen molar-refractivity contribution in [3.8, 4) is 56.0 Å². The molecule has 3 nitrogen and oxygen atoms in total. The fraction of sp³-hybridized carbons (Fsp3) is 0.143. The van der Waals surface area contributed by atoms with Gasteiger partial charge in [-0.3, -0.25) is 0 Å². The van der Waals surface area contributed by atoms with Crippen LogP contribution < -0.4 is 14.5 Å². The minimum atomic E-state index is -0.185. The van der Waals surface area contributed by atoms with E-state index in [9.17, 15) is 0 Å². The molecule has 2 aliphatic rings. The smallest absolute Gasteiger partial charge is 0.127 e. The van der Waals surface area contributed by atoms with Crippen LogP contribution in [0.15, 0.2) is 218 Å². The monoisotopic (exact) mass is 944 g/mol. The minimum Gasteiger partial charge on any atom is -0.457 e. The number of hydrogen-bond acceptors (Lipinski definition) is 3. The van der Waals surface area contributed by atoms with Gasteiger partial charge < -0.3 is 14.5 Å². The summed E-state index contributed by atoms with van der Waals surface area (Å²) in [6.07, 6.45) is 0. The van der Waals surface area contributed by atoms with Gasteiger partial charge in [-0.2, -0.15) is 0 Å². The van der Waals surface area contributed by atoms with Crippen LogP contribution in [0.25, 0.3) is 44.5 Å². The summed E-state index contributed by atoms with van der Waals surface area (Å²) in [6.45, 7) is 18.0. The lowest BCUT2D eigenvalue weighted by Crippen LogP contribution is -2.16. The van der Waals surface area contributed by atoms with Crippen LogP contribution in [-0.2, 0) is 10.8 Å². The molecule has 10 aromatic rings. The van der Waals surface area contributed by atoms with Crippen molar-refractivity contribution in [2.75, 3.05) is 9.80 Å². The molecule has 12 rings (SSSR count). The molecular weight excluding hydrogens is 885 g/mol. The second-order valence-electron chi connectivity index (χ2n) is 21.4. The third-order valence-electron chi connectivity index (χ3n) is 15.6. The predicted octanol–water partition coefficient (Wildman–Crippen LogP) is 19.6. The zero-order chi connectivity index (χ0) is 50.2. The fourth-order valence-corrected chi connectivity index (χ4v) is 11.3. The largest absolute Gasteiger partial charge is 0.457 e. The van der Waals surface area contributed by atoms with Crippen LogP contribution in [0.1, 0.15) is 72.2 Å². The molecule has 0 unspecified atom stereocenters. The minimum absolute atomic E-state index is 0.185. The van der Waals surface area contributed by atoms with E-state index < -0.39 is 0 Å². The standard InChI is InChI=1S/C70H60N2O/c1-45-9-23-53(24-10-45)71(54-25-11-46(2)12-26-54)57-31-39-63-61-37-21-51(41-65(61)69(5,6)67(63)43-57)49-17-33-59(34-18-49)73-60-35-19-50(20-36-60)52-22-38-62-64-40-32-58(44-68(64)70(7,8)66(62)42-52)72(55-27-13-47(3)14-28-55)56-29-15-48(4)16-30-56/h9-44H,1-8H3. The maximum absolute atomic E-state index is 6.46. The van der Waals surface area contributed by atoms with E-state index in [2.05, 4.69) is 284 Å². The molecule has 356 valence electrons. The number of nitrogens with zero attached hydrogens (tertiary/aromatic N) is 2. The number of ether oxygens (including phenoxy) is 1. The third-order valence-corrected chi connectivity index (χ3v) is 15.6. The molecule has 0 N–H and O–H groups in total. The topological polar surface area (TPSA) is 15.7 Å². The van der Waals surface area contributed by atoms with E-state index in [4.69, 9.17) is 4.74 Å². The first-order valence-corrected chi connectivity index (χ1v) is 25.6. The lowest BCUT2D eigenvalue weighted by molar-refractivity contribution is 0.483. The Morgan fingerprint density at radius 1 is 0.260 bits per heavy atom. The molecule has 0 radical (unpaired) electrons. The summed E-state index contributed by atoms with van der Waals surface area (Å²) in [4.78, 5) is 4.75. The summed E-state index contributed by atoms with van der Waals surface area (Å²) in [6, 6.07) is 80.3. The number of rotatable bonds is 10. The van der Waals surface area contributed by atoms with Crippen molar-refractivity contribution >= 4 is 34.1 Å². The van der Waals surface area contributed by atoms with Crippen molar-refractivity contribution in [2.24, 2.45) is 0 Å². The Morgan fingerprint density at radius 2 is 0.507 bits per heavy atom. The summed E-state index contributed by atoms with van der Waals surface area (Å²) >= 11 is 0. The van der Waals surface area contributed by atoms with E-state index >= 15 is 0 Å². The number of aryl methyl sites for hydroxylation is 4. The van der Waals surface area contributed by atoms with Gasteiger partial charge in [0, 0.05) is 45.0 Å². The first-order valence-electron chi connectivity index (χ1n) is 25.6. The van der Waals surface area contributed by atoms with E-state index in [1.165, 1.54) is 77.9 Å². The molecule has 0 heterocycles. The first kappa shape index (κ1) is 45.7. The highest BCUT2D eigenvalue weighted by atomic mass is 16.5. The van der Waals surface area contributed by atoms with Crippen LogP contribution in [0.4, 0.5) is 34.1 Å². The van der Waals surface area contributed by atoms with Crippen LogP contribution in [0, 0.1) is 27.7 Å². The van der Waals surface area contributed by atoms with E-state index in [1.54, 1.807) is 0 Å². The predicted molar refractivity (Wildman–Crippen MR) is 307 cm³/mol. The van der Waals surface area contributed by atoms with Crippen LogP contribution >= 0.6 is 0 Å². The Kier molecular flexibility index (Phi) is 11.1. The van der Waals surface area contributed by atoms with Crippen molar-refractivity contribution in [3.63, 3.8) is 0 Å². The summed E-state index contributed by atoms with van der Waals surface area (Å²) in [5.41, 5.74) is 26.9. The van der Waals surface area contributed by atoms with E-state index in [0.29, 0.717) is 0 Å². The molecule has 0 bridgehead atoms. The molecular formula is C70H60N2O. The van der Waals surface area contributed by atoms with Crippen LogP contribution in [-0.4, -0.2) is 0 Å². The highest BCUT2D eigenvalue weighted by Gasteiger charge is 2.38. The summed E-state index contributed by atoms with van der Waals surface area (Å²) < 4.78 is 6.46. The SMILES string of the molecule is Cc1ccc(N(c2ccc(C)cc2)c2ccc3c(c2)C(C)(C)c2cc(-c4ccc(Oc5ccc(-c6ccc7c(c6)C(C)(C)c6cc(N(c8ccc(C)cc8)c8ccc(C)cc8)ccc6-7)cc5)cc4)ccc2-3)cc1. The normalized spacial score (nSPS) is 13.4. The van der Waals surface area contributed by atoms with Gasteiger partial charge in [-0.1, -0.05) is 159 Å². The number of anilines is 6. The Bertz CT molecular complexity index is 3360. The maximum Gasteiger partial charge on any atom is 0.127 e. The summed E-state index contributed by atoms with van der Waals surface area (Å²) in [7, 11) is 0. The molecule has 10 aromatic carbocycles. The summed E-state index contributed by atoms with van der Waals surface area (Å²) in [5, 5.41) is 0. The quantitative estimate of drug-likeness (QED) is 0.136. The molecule has 73 heavy (non-hydrogen) atoms. The van der Waals surface area contributed by atoms with Crippen LogP contribution in [0.3, 0.4) is 0 Å². The average Bonchev–Trinajstić information content (AvgIpc) is 3.77. The van der Waals surface area contributed by atoms with Crippen LogP contribution in [0.5, 0.6) is 11.5 Å². The molecule has 0 saturated carbocycles. The zero-order valence-electron chi connectivity index (χ0n) is 43.1. The Labute approximate surface area is 431 Å². The first-order chi connectivity index (χ1) is 35.3. The second kappa shape index (κ2) is 17.7. The van der Waals surface area contributed by atoms with E-state index in [0.717, 1.165) is 56.8 Å². The lowest BCUT2D eigenvalue weighted by Gasteiger charge is -2.28. The van der Waals surface area contributed by atoms with Crippen molar-refractivity contribution in [3.05, 3.63) is 263 Å². The lowest BCUT2D eigenvalue weighted by atomic mass is 9.81. The molecule has 0 atom stereocenters. The van der Waals surface area contributed by atoms with Crippen molar-refractivity contribution in [2.45, 2.75) is 66.2 Å². The molecule has 0 amide bonds. The van der Waals surface area contributed by atoms with Gasteiger partial charge in [-0.05, 0) is 204 Å². The Morgan fingerprint density at radius 3 is 0.808 bits per heavy atom. The fourth-order valence-electron chi connectivity index (χ4n) is 11.3. The summed E-state index contributed by atoms with van der Waals surface area (Å²) in [5.74, 6) is 1.62. The highest BCUT2D eigenvalue weighted by molar-refractivity contribution is 5.89. The molecule has 0 aliphatic heterocycles. The maximum atomic E-state index is 6.46. The molecule has 0 spiro atoms. The molecule has 2 aliphatic carbocycles. The van der Waals surface area contributed by atoms with Gasteiger partial charge in [0.25, 0.3) is 0 Å². The van der Waals surface area contributed by atoms with Gasteiger partial charge >= 0.3 is 0 Å². The van der Waals surface area contributed by atoms with E-state index in [1.807, 2.05) is 0 Å². The third kappa shape index (κ3) is 8.20. The Balaban J connectivity index is 0.756. The van der Waals surface area contributed by atoms with Gasteiger partial charge in [0.15, 0.2) is 0 Å². The van der Waals surface area contributed by atoms with Gasteiger partial charge in [-0.15, -0.1) is 0 Å². The van der Waals surface area contributed by atoms with Gasteiger partial charge in [0.05, 0.1) is 0 Å². The van der Waals surface area contributed by atoms with Gasteiger partial charge in [-0.25, -0.2) is 0 Å². The number of hydrogen-bond donors (Lipinski definition) is 0. The zero-order valence-corrected chi connectivity index (χ0v) is 43.1. The Hall–Kier alpha value is -8.40. The van der Waals surface area contributed by atoms with E-state index in [-0.39, 0.29) is 10.8 Å². The van der Waals surface area contributed by atoms with Crippen molar-refractivity contribution in [1.29, 1.82) is 0 Å². The molecule has 0 aromatic heterocycles. The second-order valence-corrected chi connectivity index (χ2v) is 21.4. The number of benzene rings is 10. The highest BCUT2D eigenvalue weighted by Crippen LogP contribution is 2.53. The molecule has 0 saturated heterocycles. The molecule has 3 heteroatoms. The van der Waals surface area contributed by atoms with Crippen molar-refractivity contribution < 1.29 is 4.74 Å². The van der Waals surface area contributed by atoms with Gasteiger partial charge in [0.1, 0.15) is 11.5 Å². The van der Waals surface area contributed by atoms with Crippen LogP contribution in [0.2, 0.25) is 0 Å².